The second-order valence-corrected chi connectivity index (χ2v) is 6.93. The summed E-state index contributed by atoms with van der Waals surface area (Å²) < 4.78 is 0. The third-order valence-corrected chi connectivity index (χ3v) is 4.63. The molecule has 0 aliphatic heterocycles. The number of nitrogens with one attached hydrogen (secondary N) is 2. The maximum Gasteiger partial charge on any atom is 0.230 e. The average molecular weight is 386 g/mol. The molecule has 0 aliphatic rings. The number of benzene rings is 2. The second kappa shape index (κ2) is 8.12. The van der Waals surface area contributed by atoms with Gasteiger partial charge in [-0.3, -0.25) is 9.59 Å². The molecule has 1 heterocycles. The highest BCUT2D eigenvalue weighted by Gasteiger charge is 2.10. The number of nitrogens with zero attached hydrogens (tertiary/aromatic N) is 1. The molecule has 2 amide bonds. The van der Waals surface area contributed by atoms with E-state index in [1.807, 2.05) is 29.6 Å². The smallest absolute Gasteiger partial charge is 0.230 e. The quantitative estimate of drug-likeness (QED) is 0.674. The Balaban J connectivity index is 1.61. The van der Waals surface area contributed by atoms with Gasteiger partial charge in [-0.25, -0.2) is 4.98 Å². The number of halogens is 1. The van der Waals surface area contributed by atoms with Gasteiger partial charge in [-0.1, -0.05) is 23.7 Å². The summed E-state index contributed by atoms with van der Waals surface area (Å²) >= 11 is 7.48. The van der Waals surface area contributed by atoms with Crippen LogP contribution in [0, 0.1) is 0 Å². The number of thiazole rings is 1. The molecule has 3 rings (SSSR count). The molecule has 3 aromatic rings. The van der Waals surface area contributed by atoms with E-state index >= 15 is 0 Å². The van der Waals surface area contributed by atoms with Crippen molar-refractivity contribution >= 4 is 46.1 Å². The Morgan fingerprint density at radius 1 is 1.08 bits per heavy atom. The molecule has 0 atom stereocenters. The summed E-state index contributed by atoms with van der Waals surface area (Å²) in [5, 5.41) is 8.85. The molecule has 0 unspecified atom stereocenters. The van der Waals surface area contributed by atoms with Gasteiger partial charge in [0, 0.05) is 34.3 Å². The number of carbonyl (C=O) groups is 2. The van der Waals surface area contributed by atoms with Crippen LogP contribution in [-0.4, -0.2) is 16.8 Å². The molecule has 0 aliphatic carbocycles. The fourth-order valence-electron chi connectivity index (χ4n) is 2.35. The topological polar surface area (TPSA) is 71.1 Å². The molecule has 132 valence electrons. The number of amides is 2. The average Bonchev–Trinajstić information content (AvgIpc) is 3.04. The van der Waals surface area contributed by atoms with Crippen molar-refractivity contribution in [2.45, 2.75) is 13.3 Å². The van der Waals surface area contributed by atoms with Gasteiger partial charge in [0.1, 0.15) is 5.01 Å². The van der Waals surface area contributed by atoms with E-state index in [0.717, 1.165) is 10.6 Å². The van der Waals surface area contributed by atoms with Crippen LogP contribution in [0.1, 0.15) is 12.6 Å². The lowest BCUT2D eigenvalue weighted by Gasteiger charge is -2.06. The molecule has 1 aromatic heterocycles. The van der Waals surface area contributed by atoms with Gasteiger partial charge in [-0.15, -0.1) is 11.3 Å². The van der Waals surface area contributed by atoms with Gasteiger partial charge in [0.25, 0.3) is 0 Å². The Morgan fingerprint density at radius 2 is 1.77 bits per heavy atom. The first-order valence-electron chi connectivity index (χ1n) is 7.87. The summed E-state index contributed by atoms with van der Waals surface area (Å²) in [7, 11) is 0. The van der Waals surface area contributed by atoms with Crippen LogP contribution in [0.4, 0.5) is 11.4 Å². The van der Waals surface area contributed by atoms with Gasteiger partial charge in [0.15, 0.2) is 0 Å². The molecular formula is C19H16ClN3O2S. The zero-order valence-electron chi connectivity index (χ0n) is 14.0. The Kier molecular flexibility index (Phi) is 5.65. The van der Waals surface area contributed by atoms with Crippen molar-refractivity contribution in [1.82, 2.24) is 4.98 Å². The zero-order valence-corrected chi connectivity index (χ0v) is 15.5. The first kappa shape index (κ1) is 18.1. The van der Waals surface area contributed by atoms with Gasteiger partial charge in [-0.2, -0.15) is 0 Å². The van der Waals surface area contributed by atoms with Crippen molar-refractivity contribution in [3.8, 4) is 10.6 Å². The Morgan fingerprint density at radius 3 is 2.42 bits per heavy atom. The molecule has 5 nitrogen and oxygen atoms in total. The van der Waals surface area contributed by atoms with Gasteiger partial charge >= 0.3 is 0 Å². The summed E-state index contributed by atoms with van der Waals surface area (Å²) in [5.41, 5.74) is 2.98. The fraction of sp³-hybridized carbons (Fsp3) is 0.105. The van der Waals surface area contributed by atoms with Crippen molar-refractivity contribution in [2.24, 2.45) is 0 Å². The SMILES string of the molecule is CC(=O)Nc1ccc(NC(=O)Cc2csc(-c3cccc(Cl)c3)n2)cc1. The monoisotopic (exact) mass is 385 g/mol. The molecule has 2 N–H and O–H groups in total. The van der Waals surface area contributed by atoms with E-state index in [4.69, 9.17) is 11.6 Å². The summed E-state index contributed by atoms with van der Waals surface area (Å²) in [4.78, 5) is 27.7. The van der Waals surface area contributed by atoms with Crippen LogP contribution in [0.2, 0.25) is 5.02 Å². The first-order chi connectivity index (χ1) is 12.5. The van der Waals surface area contributed by atoms with Crippen LogP contribution in [0.15, 0.2) is 53.9 Å². The molecule has 7 heteroatoms. The number of carbonyl (C=O) groups excluding carboxylic acids is 2. The van der Waals surface area contributed by atoms with E-state index in [9.17, 15) is 9.59 Å². The van der Waals surface area contributed by atoms with Gasteiger partial charge in [0.2, 0.25) is 11.8 Å². The van der Waals surface area contributed by atoms with E-state index in [1.165, 1.54) is 18.3 Å². The molecule has 0 spiro atoms. The predicted octanol–water partition coefficient (Wildman–Crippen LogP) is 4.60. The van der Waals surface area contributed by atoms with Crippen LogP contribution >= 0.6 is 22.9 Å². The third-order valence-electron chi connectivity index (χ3n) is 3.45. The molecule has 0 saturated heterocycles. The normalized spacial score (nSPS) is 10.4. The highest BCUT2D eigenvalue weighted by atomic mass is 35.5. The van der Waals surface area contributed by atoms with Crippen LogP contribution in [-0.2, 0) is 16.0 Å². The lowest BCUT2D eigenvalue weighted by atomic mass is 10.2. The van der Waals surface area contributed by atoms with E-state index in [-0.39, 0.29) is 18.2 Å². The fourth-order valence-corrected chi connectivity index (χ4v) is 3.36. The minimum atomic E-state index is -0.153. The van der Waals surface area contributed by atoms with Crippen molar-refractivity contribution in [1.29, 1.82) is 0 Å². The molecule has 0 fully saturated rings. The molecule has 0 saturated carbocycles. The third kappa shape index (κ3) is 4.91. The van der Waals surface area contributed by atoms with Crippen LogP contribution in [0.5, 0.6) is 0 Å². The number of aromatic nitrogens is 1. The Labute approximate surface area is 160 Å². The Hall–Kier alpha value is -2.70. The van der Waals surface area contributed by atoms with Crippen LogP contribution in [0.25, 0.3) is 10.6 Å². The molecule has 0 bridgehead atoms. The summed E-state index contributed by atoms with van der Waals surface area (Å²) in [6.45, 7) is 1.45. The minimum Gasteiger partial charge on any atom is -0.326 e. The number of rotatable bonds is 5. The maximum absolute atomic E-state index is 12.2. The van der Waals surface area contributed by atoms with Crippen molar-refractivity contribution in [2.75, 3.05) is 10.6 Å². The second-order valence-electron chi connectivity index (χ2n) is 5.64. The Bertz CT molecular complexity index is 938. The van der Waals surface area contributed by atoms with Crippen LogP contribution in [0.3, 0.4) is 0 Å². The zero-order chi connectivity index (χ0) is 18.5. The van der Waals surface area contributed by atoms with E-state index < -0.39 is 0 Å². The minimum absolute atomic E-state index is 0.138. The van der Waals surface area contributed by atoms with Gasteiger partial charge in [-0.05, 0) is 36.4 Å². The molecule has 26 heavy (non-hydrogen) atoms. The van der Waals surface area contributed by atoms with E-state index in [2.05, 4.69) is 15.6 Å². The molecule has 0 radical (unpaired) electrons. The highest BCUT2D eigenvalue weighted by Crippen LogP contribution is 2.26. The lowest BCUT2D eigenvalue weighted by molar-refractivity contribution is -0.116. The first-order valence-corrected chi connectivity index (χ1v) is 9.13. The van der Waals surface area contributed by atoms with Gasteiger partial charge in [0.05, 0.1) is 12.1 Å². The standard InChI is InChI=1S/C19H16ClN3O2S/c1-12(24)21-15-5-7-16(8-6-15)22-18(25)10-17-11-26-19(23-17)13-3-2-4-14(20)9-13/h2-9,11H,10H2,1H3,(H,21,24)(H,22,25). The van der Waals surface area contributed by atoms with E-state index in [1.54, 1.807) is 24.3 Å². The van der Waals surface area contributed by atoms with Crippen molar-refractivity contribution in [3.05, 3.63) is 64.6 Å². The largest absolute Gasteiger partial charge is 0.326 e. The molecule has 2 aromatic carbocycles. The molecular weight excluding hydrogens is 370 g/mol. The van der Waals surface area contributed by atoms with E-state index in [0.29, 0.717) is 22.1 Å². The number of hydrogen-bond donors (Lipinski definition) is 2. The lowest BCUT2D eigenvalue weighted by Crippen LogP contribution is -2.14. The highest BCUT2D eigenvalue weighted by molar-refractivity contribution is 7.13. The van der Waals surface area contributed by atoms with Crippen molar-refractivity contribution in [3.63, 3.8) is 0 Å². The maximum atomic E-state index is 12.2. The number of hydrogen-bond acceptors (Lipinski definition) is 4. The predicted molar refractivity (Wildman–Crippen MR) is 106 cm³/mol. The number of anilines is 2. The van der Waals surface area contributed by atoms with Crippen molar-refractivity contribution < 1.29 is 9.59 Å². The van der Waals surface area contributed by atoms with Crippen LogP contribution < -0.4 is 10.6 Å². The van der Waals surface area contributed by atoms with Gasteiger partial charge < -0.3 is 10.6 Å². The summed E-state index contributed by atoms with van der Waals surface area (Å²) in [6, 6.07) is 14.4. The summed E-state index contributed by atoms with van der Waals surface area (Å²) in [5.74, 6) is -0.291. The summed E-state index contributed by atoms with van der Waals surface area (Å²) in [6.07, 6.45) is 0.185.